The lowest BCUT2D eigenvalue weighted by atomic mass is 9.86. The normalized spacial score (nSPS) is 22.5. The second kappa shape index (κ2) is 6.42. The average molecular weight is 347 g/mol. The van der Waals surface area contributed by atoms with Gasteiger partial charge in [-0.3, -0.25) is 4.79 Å². The van der Waals surface area contributed by atoms with Crippen LogP contribution in [-0.2, 0) is 30.9 Å². The van der Waals surface area contributed by atoms with Gasteiger partial charge in [0.05, 0.1) is 26.2 Å². The van der Waals surface area contributed by atoms with E-state index in [4.69, 9.17) is 9.47 Å². The molecule has 1 aromatic rings. The van der Waals surface area contributed by atoms with Crippen LogP contribution in [0, 0.1) is 0 Å². The van der Waals surface area contributed by atoms with E-state index in [1.54, 1.807) is 0 Å². The second-order valence-corrected chi connectivity index (χ2v) is 7.81. The lowest BCUT2D eigenvalue weighted by Gasteiger charge is -2.23. The number of benzene rings is 1. The molecule has 1 atom stereocenters. The number of carboxylic acids is 1. The van der Waals surface area contributed by atoms with Crippen molar-refractivity contribution in [1.29, 1.82) is 0 Å². The average Bonchev–Trinajstić information content (AvgIpc) is 3.15. The van der Waals surface area contributed by atoms with Crippen molar-refractivity contribution in [3.63, 3.8) is 0 Å². The van der Waals surface area contributed by atoms with Gasteiger partial charge in [0, 0.05) is 6.42 Å². The van der Waals surface area contributed by atoms with Crippen LogP contribution in [0.15, 0.2) is 24.3 Å². The summed E-state index contributed by atoms with van der Waals surface area (Å²) in [6, 6.07) is 7.00. The Morgan fingerprint density at radius 3 is 2.32 bits per heavy atom. The molecule has 2 fully saturated rings. The van der Waals surface area contributed by atoms with Crippen molar-refractivity contribution < 1.29 is 24.2 Å². The number of carbonyl (C=O) groups excluding carboxylic acids is 1. The SMILES string of the molecule is CC(C)(C)c1ccc(CC(=O)N2CC3(C[C@H]2C(=O)O)OCCO3)cc1. The maximum Gasteiger partial charge on any atom is 0.326 e. The number of hydrogen-bond donors (Lipinski definition) is 1. The first-order valence-electron chi connectivity index (χ1n) is 8.60. The molecule has 0 radical (unpaired) electrons. The highest BCUT2D eigenvalue weighted by atomic mass is 16.7. The molecule has 6 nitrogen and oxygen atoms in total. The minimum atomic E-state index is -1.02. The number of rotatable bonds is 3. The van der Waals surface area contributed by atoms with Gasteiger partial charge in [-0.25, -0.2) is 4.79 Å². The standard InChI is InChI=1S/C19H25NO5/c1-18(2,3)14-6-4-13(5-7-14)10-16(21)20-12-19(24-8-9-25-19)11-15(20)17(22)23/h4-7,15H,8-12H2,1-3H3,(H,22,23)/t15-/m0/s1. The number of amides is 1. The fraction of sp³-hybridized carbons (Fsp3) is 0.579. The van der Waals surface area contributed by atoms with Crippen LogP contribution in [0.3, 0.4) is 0 Å². The molecule has 1 spiro atoms. The van der Waals surface area contributed by atoms with Crippen molar-refractivity contribution in [2.24, 2.45) is 0 Å². The molecular formula is C19H25NO5. The van der Waals surface area contributed by atoms with Crippen molar-refractivity contribution in [3.05, 3.63) is 35.4 Å². The first-order chi connectivity index (χ1) is 11.7. The molecule has 0 saturated carbocycles. The third kappa shape index (κ3) is 3.70. The quantitative estimate of drug-likeness (QED) is 0.904. The highest BCUT2D eigenvalue weighted by Crippen LogP contribution is 2.35. The van der Waals surface area contributed by atoms with Crippen LogP contribution in [0.2, 0.25) is 0 Å². The largest absolute Gasteiger partial charge is 0.480 e. The smallest absolute Gasteiger partial charge is 0.326 e. The summed E-state index contributed by atoms with van der Waals surface area (Å²) in [5, 5.41) is 9.46. The summed E-state index contributed by atoms with van der Waals surface area (Å²) in [4.78, 5) is 25.6. The molecule has 136 valence electrons. The van der Waals surface area contributed by atoms with Gasteiger partial charge in [0.15, 0.2) is 5.79 Å². The predicted molar refractivity (Wildman–Crippen MR) is 91.2 cm³/mol. The first kappa shape index (κ1) is 17.9. The maximum atomic E-state index is 12.7. The first-order valence-corrected chi connectivity index (χ1v) is 8.60. The Labute approximate surface area is 147 Å². The van der Waals surface area contributed by atoms with Crippen LogP contribution >= 0.6 is 0 Å². The van der Waals surface area contributed by atoms with Crippen molar-refractivity contribution in [3.8, 4) is 0 Å². The molecule has 0 unspecified atom stereocenters. The second-order valence-electron chi connectivity index (χ2n) is 7.81. The zero-order valence-electron chi connectivity index (χ0n) is 14.9. The van der Waals surface area contributed by atoms with Crippen LogP contribution in [0.25, 0.3) is 0 Å². The Morgan fingerprint density at radius 1 is 1.20 bits per heavy atom. The lowest BCUT2D eigenvalue weighted by molar-refractivity contribution is -0.152. The minimum Gasteiger partial charge on any atom is -0.480 e. The summed E-state index contributed by atoms with van der Waals surface area (Å²) in [5.74, 6) is -2.19. The van der Waals surface area contributed by atoms with E-state index >= 15 is 0 Å². The summed E-state index contributed by atoms with van der Waals surface area (Å²) in [7, 11) is 0. The summed E-state index contributed by atoms with van der Waals surface area (Å²) in [6.45, 7) is 7.44. The molecule has 1 aromatic carbocycles. The molecule has 2 saturated heterocycles. The molecule has 2 aliphatic heterocycles. The van der Waals surface area contributed by atoms with Gasteiger partial charge in [-0.05, 0) is 16.5 Å². The summed E-state index contributed by atoms with van der Waals surface area (Å²) in [6.07, 6.45) is 0.349. The number of carboxylic acid groups (broad SMARTS) is 1. The summed E-state index contributed by atoms with van der Waals surface area (Å²) in [5.41, 5.74) is 2.12. The third-order valence-electron chi connectivity index (χ3n) is 4.89. The molecule has 2 aliphatic rings. The molecule has 0 aromatic heterocycles. The molecular weight excluding hydrogens is 322 g/mol. The van der Waals surface area contributed by atoms with E-state index in [9.17, 15) is 14.7 Å². The molecule has 3 rings (SSSR count). The highest BCUT2D eigenvalue weighted by Gasteiger charge is 2.52. The fourth-order valence-corrected chi connectivity index (χ4v) is 3.43. The number of aliphatic carboxylic acids is 1. The Kier molecular flexibility index (Phi) is 4.60. The Morgan fingerprint density at radius 2 is 1.80 bits per heavy atom. The van der Waals surface area contributed by atoms with Crippen LogP contribution in [0.1, 0.15) is 38.3 Å². The number of nitrogens with zero attached hydrogens (tertiary/aromatic N) is 1. The third-order valence-corrected chi connectivity index (χ3v) is 4.89. The van der Waals surface area contributed by atoms with Gasteiger partial charge >= 0.3 is 5.97 Å². The van der Waals surface area contributed by atoms with E-state index in [1.807, 2.05) is 24.3 Å². The lowest BCUT2D eigenvalue weighted by Crippen LogP contribution is -2.42. The molecule has 2 heterocycles. The van der Waals surface area contributed by atoms with Crippen molar-refractivity contribution in [2.75, 3.05) is 19.8 Å². The Balaban J connectivity index is 1.72. The van der Waals surface area contributed by atoms with Crippen molar-refractivity contribution >= 4 is 11.9 Å². The number of carbonyl (C=O) groups is 2. The zero-order valence-corrected chi connectivity index (χ0v) is 14.9. The zero-order chi connectivity index (χ0) is 18.2. The van der Waals surface area contributed by atoms with Gasteiger partial charge in [-0.2, -0.15) is 0 Å². The Hall–Kier alpha value is -1.92. The molecule has 6 heteroatoms. The van der Waals surface area contributed by atoms with Gasteiger partial charge < -0.3 is 19.5 Å². The van der Waals surface area contributed by atoms with Gasteiger partial charge in [0.2, 0.25) is 5.91 Å². The monoisotopic (exact) mass is 347 g/mol. The van der Waals surface area contributed by atoms with Gasteiger partial charge in [-0.15, -0.1) is 0 Å². The van der Waals surface area contributed by atoms with E-state index in [2.05, 4.69) is 20.8 Å². The maximum absolute atomic E-state index is 12.7. The van der Waals surface area contributed by atoms with Crippen molar-refractivity contribution in [2.45, 2.75) is 50.9 Å². The topological polar surface area (TPSA) is 76.1 Å². The van der Waals surface area contributed by atoms with E-state index in [0.717, 1.165) is 5.56 Å². The summed E-state index contributed by atoms with van der Waals surface area (Å²) < 4.78 is 11.2. The van der Waals surface area contributed by atoms with Gasteiger partial charge in [-0.1, -0.05) is 45.0 Å². The van der Waals surface area contributed by atoms with E-state index in [0.29, 0.717) is 13.2 Å². The minimum absolute atomic E-state index is 0.0510. The van der Waals surface area contributed by atoms with Gasteiger partial charge in [0.25, 0.3) is 0 Å². The number of hydrogen-bond acceptors (Lipinski definition) is 4. The van der Waals surface area contributed by atoms with Crippen molar-refractivity contribution in [1.82, 2.24) is 4.90 Å². The van der Waals surface area contributed by atoms with Crippen LogP contribution < -0.4 is 0 Å². The predicted octanol–water partition coefficient (Wildman–Crippen LogP) is 1.96. The fourth-order valence-electron chi connectivity index (χ4n) is 3.43. The van der Waals surface area contributed by atoms with Gasteiger partial charge in [0.1, 0.15) is 6.04 Å². The van der Waals surface area contributed by atoms with Crippen LogP contribution in [0.4, 0.5) is 0 Å². The number of ether oxygens (including phenoxy) is 2. The van der Waals surface area contributed by atoms with Crippen LogP contribution in [0.5, 0.6) is 0 Å². The van der Waals surface area contributed by atoms with E-state index < -0.39 is 17.8 Å². The molecule has 25 heavy (non-hydrogen) atoms. The molecule has 0 bridgehead atoms. The van der Waals surface area contributed by atoms with Crippen LogP contribution in [-0.4, -0.2) is 53.5 Å². The van der Waals surface area contributed by atoms with E-state index in [1.165, 1.54) is 10.5 Å². The Bertz CT molecular complexity index is 655. The summed E-state index contributed by atoms with van der Waals surface area (Å²) >= 11 is 0. The number of likely N-dealkylation sites (tertiary alicyclic amines) is 1. The molecule has 1 N–H and O–H groups in total. The van der Waals surface area contributed by atoms with E-state index in [-0.39, 0.29) is 30.7 Å². The molecule has 1 amide bonds. The highest BCUT2D eigenvalue weighted by molar-refractivity contribution is 5.86. The molecule has 0 aliphatic carbocycles.